The Bertz CT molecular complexity index is 146. The van der Waals surface area contributed by atoms with Gasteiger partial charge in [-0.25, -0.2) is 0 Å². The molecule has 0 unspecified atom stereocenters. The van der Waals surface area contributed by atoms with Crippen LogP contribution in [0.15, 0.2) is 12.5 Å². The maximum absolute atomic E-state index is 5.22. The molecule has 10 heavy (non-hydrogen) atoms. The minimum atomic E-state index is 0.160. The third-order valence-corrected chi connectivity index (χ3v) is 1.69. The van der Waals surface area contributed by atoms with Gasteiger partial charge in [-0.05, 0) is 27.4 Å². The standard InChI is InChI=1S/C8H15NO/c1-7-9(5-6-10-7)8(2,3)4/h1,5-6H2,2-4H3. The van der Waals surface area contributed by atoms with Gasteiger partial charge in [-0.1, -0.05) is 0 Å². The third kappa shape index (κ3) is 1.25. The lowest BCUT2D eigenvalue weighted by atomic mass is 10.1. The number of nitrogens with zero attached hydrogens (tertiary/aromatic N) is 1. The van der Waals surface area contributed by atoms with E-state index in [1.165, 1.54) is 0 Å². The molecule has 2 heteroatoms. The van der Waals surface area contributed by atoms with E-state index in [0.717, 1.165) is 19.0 Å². The van der Waals surface area contributed by atoms with E-state index in [1.807, 2.05) is 0 Å². The van der Waals surface area contributed by atoms with Crippen LogP contribution in [0.5, 0.6) is 0 Å². The van der Waals surface area contributed by atoms with Crippen molar-refractivity contribution < 1.29 is 4.74 Å². The van der Waals surface area contributed by atoms with E-state index in [4.69, 9.17) is 4.74 Å². The average molecular weight is 141 g/mol. The molecular weight excluding hydrogens is 126 g/mol. The Morgan fingerprint density at radius 2 is 2.10 bits per heavy atom. The zero-order chi connectivity index (χ0) is 7.78. The topological polar surface area (TPSA) is 12.5 Å². The maximum atomic E-state index is 5.22. The van der Waals surface area contributed by atoms with Crippen LogP contribution in [0.1, 0.15) is 20.8 Å². The molecule has 1 rings (SSSR count). The fourth-order valence-electron chi connectivity index (χ4n) is 1.17. The van der Waals surface area contributed by atoms with Gasteiger partial charge in [-0.15, -0.1) is 0 Å². The molecule has 1 saturated heterocycles. The van der Waals surface area contributed by atoms with E-state index in [1.54, 1.807) is 0 Å². The molecular formula is C8H15NO. The Kier molecular flexibility index (Phi) is 1.63. The van der Waals surface area contributed by atoms with E-state index in [0.29, 0.717) is 0 Å². The quantitative estimate of drug-likeness (QED) is 0.508. The summed E-state index contributed by atoms with van der Waals surface area (Å²) < 4.78 is 5.22. The normalized spacial score (nSPS) is 19.5. The highest BCUT2D eigenvalue weighted by Gasteiger charge is 2.27. The van der Waals surface area contributed by atoms with E-state index in [9.17, 15) is 0 Å². The van der Waals surface area contributed by atoms with Crippen LogP contribution in [0.4, 0.5) is 0 Å². The van der Waals surface area contributed by atoms with Crippen molar-refractivity contribution in [2.24, 2.45) is 0 Å². The summed E-state index contributed by atoms with van der Waals surface area (Å²) in [7, 11) is 0. The number of ether oxygens (including phenoxy) is 1. The summed E-state index contributed by atoms with van der Waals surface area (Å²) in [5.41, 5.74) is 0.160. The molecule has 2 nitrogen and oxygen atoms in total. The molecule has 0 radical (unpaired) electrons. The highest BCUT2D eigenvalue weighted by atomic mass is 16.5. The Labute approximate surface area is 62.5 Å². The minimum Gasteiger partial charge on any atom is -0.478 e. The van der Waals surface area contributed by atoms with Gasteiger partial charge in [0.2, 0.25) is 0 Å². The summed E-state index contributed by atoms with van der Waals surface area (Å²) in [4.78, 5) is 2.17. The summed E-state index contributed by atoms with van der Waals surface area (Å²) in [5, 5.41) is 0. The second-order valence-electron chi connectivity index (χ2n) is 3.56. The van der Waals surface area contributed by atoms with Gasteiger partial charge in [0, 0.05) is 5.54 Å². The van der Waals surface area contributed by atoms with E-state index in [-0.39, 0.29) is 5.54 Å². The van der Waals surface area contributed by atoms with Crippen molar-refractivity contribution in [3.63, 3.8) is 0 Å². The second kappa shape index (κ2) is 2.19. The largest absolute Gasteiger partial charge is 0.478 e. The van der Waals surface area contributed by atoms with Gasteiger partial charge in [0.1, 0.15) is 6.61 Å². The lowest BCUT2D eigenvalue weighted by Crippen LogP contribution is -2.37. The van der Waals surface area contributed by atoms with Crippen molar-refractivity contribution in [1.29, 1.82) is 0 Å². The van der Waals surface area contributed by atoms with Crippen molar-refractivity contribution in [3.05, 3.63) is 12.5 Å². The Balaban J connectivity index is 2.64. The molecule has 0 saturated carbocycles. The van der Waals surface area contributed by atoms with Crippen molar-refractivity contribution in [3.8, 4) is 0 Å². The molecule has 1 aliphatic rings. The summed E-state index contributed by atoms with van der Waals surface area (Å²) in [5.74, 6) is 0.812. The average Bonchev–Trinajstić information content (AvgIpc) is 2.11. The van der Waals surface area contributed by atoms with Crippen LogP contribution in [-0.2, 0) is 4.74 Å². The van der Waals surface area contributed by atoms with Crippen molar-refractivity contribution in [2.45, 2.75) is 26.3 Å². The molecule has 1 heterocycles. The summed E-state index contributed by atoms with van der Waals surface area (Å²) in [6.07, 6.45) is 0. The molecule has 58 valence electrons. The van der Waals surface area contributed by atoms with Gasteiger partial charge in [-0.3, -0.25) is 0 Å². The molecule has 0 amide bonds. The summed E-state index contributed by atoms with van der Waals surface area (Å²) in [6.45, 7) is 12.0. The molecule has 0 spiro atoms. The Morgan fingerprint density at radius 3 is 2.30 bits per heavy atom. The van der Waals surface area contributed by atoms with Crippen LogP contribution in [-0.4, -0.2) is 23.6 Å². The SMILES string of the molecule is C=C1OCCN1C(C)(C)C. The van der Waals surface area contributed by atoms with Gasteiger partial charge in [0.25, 0.3) is 0 Å². The fourth-order valence-corrected chi connectivity index (χ4v) is 1.17. The van der Waals surface area contributed by atoms with Crippen molar-refractivity contribution in [1.82, 2.24) is 4.90 Å². The molecule has 0 bridgehead atoms. The van der Waals surface area contributed by atoms with E-state index >= 15 is 0 Å². The summed E-state index contributed by atoms with van der Waals surface area (Å²) in [6, 6.07) is 0. The van der Waals surface area contributed by atoms with Crippen molar-refractivity contribution >= 4 is 0 Å². The number of rotatable bonds is 0. The van der Waals surface area contributed by atoms with Crippen LogP contribution < -0.4 is 0 Å². The van der Waals surface area contributed by atoms with Crippen LogP contribution in [0.25, 0.3) is 0 Å². The third-order valence-electron chi connectivity index (χ3n) is 1.69. The zero-order valence-corrected chi connectivity index (χ0v) is 6.98. The van der Waals surface area contributed by atoms with Crippen molar-refractivity contribution in [2.75, 3.05) is 13.2 Å². The summed E-state index contributed by atoms with van der Waals surface area (Å²) >= 11 is 0. The molecule has 0 aromatic carbocycles. The number of hydrogen-bond donors (Lipinski definition) is 0. The molecule has 0 aliphatic carbocycles. The molecule has 0 atom stereocenters. The predicted molar refractivity (Wildman–Crippen MR) is 41.6 cm³/mol. The molecule has 1 aliphatic heterocycles. The maximum Gasteiger partial charge on any atom is 0.182 e. The monoisotopic (exact) mass is 141 g/mol. The molecule has 1 fully saturated rings. The minimum absolute atomic E-state index is 0.160. The van der Waals surface area contributed by atoms with Gasteiger partial charge in [0.05, 0.1) is 6.54 Å². The Morgan fingerprint density at radius 1 is 1.50 bits per heavy atom. The van der Waals surface area contributed by atoms with Crippen LogP contribution >= 0.6 is 0 Å². The first-order valence-corrected chi connectivity index (χ1v) is 3.61. The lowest BCUT2D eigenvalue weighted by molar-refractivity contribution is 0.168. The van der Waals surface area contributed by atoms with Gasteiger partial charge >= 0.3 is 0 Å². The van der Waals surface area contributed by atoms with Crippen LogP contribution in [0.2, 0.25) is 0 Å². The van der Waals surface area contributed by atoms with Crippen LogP contribution in [0.3, 0.4) is 0 Å². The highest BCUT2D eigenvalue weighted by Crippen LogP contribution is 2.22. The van der Waals surface area contributed by atoms with Gasteiger partial charge in [0.15, 0.2) is 5.88 Å². The van der Waals surface area contributed by atoms with Gasteiger partial charge in [-0.2, -0.15) is 0 Å². The molecule has 0 aromatic rings. The predicted octanol–water partition coefficient (Wildman–Crippen LogP) is 1.59. The first-order valence-electron chi connectivity index (χ1n) is 3.61. The highest BCUT2D eigenvalue weighted by molar-refractivity contribution is 4.95. The number of hydrogen-bond acceptors (Lipinski definition) is 2. The lowest BCUT2D eigenvalue weighted by Gasteiger charge is -2.31. The second-order valence-corrected chi connectivity index (χ2v) is 3.56. The zero-order valence-electron chi connectivity index (χ0n) is 6.98. The fraction of sp³-hybridized carbons (Fsp3) is 0.750. The van der Waals surface area contributed by atoms with Crippen LogP contribution in [0, 0.1) is 0 Å². The van der Waals surface area contributed by atoms with E-state index < -0.39 is 0 Å². The van der Waals surface area contributed by atoms with Gasteiger partial charge < -0.3 is 9.64 Å². The first-order chi connectivity index (χ1) is 4.52. The smallest absolute Gasteiger partial charge is 0.182 e. The molecule has 0 N–H and O–H groups in total. The molecule has 0 aromatic heterocycles. The first kappa shape index (κ1) is 7.45. The van der Waals surface area contributed by atoms with E-state index in [2.05, 4.69) is 32.3 Å². The Hall–Kier alpha value is -0.660.